The van der Waals surface area contributed by atoms with E-state index in [9.17, 15) is 0 Å². The average molecular weight is 188 g/mol. The van der Waals surface area contributed by atoms with Crippen molar-refractivity contribution >= 4 is 38.0 Å². The van der Waals surface area contributed by atoms with Gasteiger partial charge < -0.3 is 10.7 Å². The Morgan fingerprint density at radius 3 is 3.08 bits per heavy atom. The molecule has 3 heteroatoms. The number of nitrogens with two attached hydrogens (primary N) is 1. The molecule has 0 aliphatic heterocycles. The Hall–Kier alpha value is -1.48. The van der Waals surface area contributed by atoms with Gasteiger partial charge in [0, 0.05) is 22.3 Å². The lowest BCUT2D eigenvalue weighted by Gasteiger charge is -1.93. The Bertz CT molecular complexity index is 577. The van der Waals surface area contributed by atoms with Gasteiger partial charge in [-0.2, -0.15) is 0 Å². The van der Waals surface area contributed by atoms with Gasteiger partial charge in [0.25, 0.3) is 0 Å². The van der Waals surface area contributed by atoms with Crippen LogP contribution in [-0.2, 0) is 0 Å². The molecule has 2 nitrogen and oxygen atoms in total. The smallest absolute Gasteiger partial charge is 0.0635 e. The maximum Gasteiger partial charge on any atom is 0.0635 e. The van der Waals surface area contributed by atoms with Crippen molar-refractivity contribution < 1.29 is 0 Å². The van der Waals surface area contributed by atoms with Gasteiger partial charge in [-0.15, -0.1) is 11.3 Å². The third-order valence-corrected chi connectivity index (χ3v) is 3.33. The van der Waals surface area contributed by atoms with E-state index in [1.165, 1.54) is 15.6 Å². The van der Waals surface area contributed by atoms with Gasteiger partial charge in [-0.25, -0.2) is 0 Å². The highest BCUT2D eigenvalue weighted by Crippen LogP contribution is 2.33. The summed E-state index contributed by atoms with van der Waals surface area (Å²) >= 11 is 1.69. The van der Waals surface area contributed by atoms with E-state index in [-0.39, 0.29) is 0 Å². The summed E-state index contributed by atoms with van der Waals surface area (Å²) in [5, 5.41) is 4.39. The zero-order valence-corrected chi connectivity index (χ0v) is 7.69. The molecule has 3 N–H and O–H groups in total. The summed E-state index contributed by atoms with van der Waals surface area (Å²) in [6.45, 7) is 0. The quantitative estimate of drug-likeness (QED) is 0.559. The molecule has 3 aromatic rings. The molecule has 0 aliphatic rings. The fraction of sp³-hybridized carbons (Fsp3) is 0. The van der Waals surface area contributed by atoms with E-state index in [0.29, 0.717) is 0 Å². The van der Waals surface area contributed by atoms with Gasteiger partial charge in [0.2, 0.25) is 0 Å². The number of anilines is 1. The van der Waals surface area contributed by atoms with E-state index >= 15 is 0 Å². The SMILES string of the molecule is Nc1csc2c1ccc1cc[nH]c12. The lowest BCUT2D eigenvalue weighted by atomic mass is 10.2. The fourth-order valence-corrected chi connectivity index (χ4v) is 2.62. The number of fused-ring (bicyclic) bond motifs is 3. The fourth-order valence-electron chi connectivity index (χ4n) is 1.64. The third kappa shape index (κ3) is 0.820. The first-order chi connectivity index (χ1) is 6.36. The highest BCUT2D eigenvalue weighted by molar-refractivity contribution is 7.18. The number of thiophene rings is 1. The van der Waals surface area contributed by atoms with E-state index in [2.05, 4.69) is 23.2 Å². The lowest BCUT2D eigenvalue weighted by Crippen LogP contribution is -1.79. The molecule has 2 heterocycles. The molecule has 0 bridgehead atoms. The monoisotopic (exact) mass is 188 g/mol. The topological polar surface area (TPSA) is 41.8 Å². The molecule has 0 radical (unpaired) electrons. The van der Waals surface area contributed by atoms with Gasteiger partial charge in [-0.3, -0.25) is 0 Å². The predicted octanol–water partition coefficient (Wildman–Crippen LogP) is 2.96. The van der Waals surface area contributed by atoms with E-state index in [4.69, 9.17) is 5.73 Å². The second kappa shape index (κ2) is 2.26. The van der Waals surface area contributed by atoms with Crippen LogP contribution in [0.3, 0.4) is 0 Å². The van der Waals surface area contributed by atoms with Gasteiger partial charge in [-0.1, -0.05) is 12.1 Å². The van der Waals surface area contributed by atoms with Crippen LogP contribution >= 0.6 is 11.3 Å². The van der Waals surface area contributed by atoms with Gasteiger partial charge in [0.1, 0.15) is 0 Å². The number of hydrogen-bond acceptors (Lipinski definition) is 2. The molecule has 64 valence electrons. The van der Waals surface area contributed by atoms with Crippen molar-refractivity contribution in [1.82, 2.24) is 4.98 Å². The number of aromatic amines is 1. The van der Waals surface area contributed by atoms with Crippen molar-refractivity contribution in [2.24, 2.45) is 0 Å². The molecule has 0 saturated carbocycles. The summed E-state index contributed by atoms with van der Waals surface area (Å²) in [7, 11) is 0. The molecule has 0 amide bonds. The predicted molar refractivity (Wildman–Crippen MR) is 58.1 cm³/mol. The number of rotatable bonds is 0. The Morgan fingerprint density at radius 1 is 1.23 bits per heavy atom. The summed E-state index contributed by atoms with van der Waals surface area (Å²) in [4.78, 5) is 3.23. The molecule has 0 saturated heterocycles. The van der Waals surface area contributed by atoms with Crippen LogP contribution in [0.4, 0.5) is 5.69 Å². The standard InChI is InChI=1S/C10H8N2S/c11-8-5-13-10-7(8)2-1-6-3-4-12-9(6)10/h1-5,12H,11H2. The van der Waals surface area contributed by atoms with Crippen molar-refractivity contribution in [3.63, 3.8) is 0 Å². The molecule has 3 rings (SSSR count). The number of benzene rings is 1. The molecule has 0 atom stereocenters. The van der Waals surface area contributed by atoms with E-state index in [0.717, 1.165) is 11.1 Å². The number of nitrogen functional groups attached to an aromatic ring is 1. The Labute approximate surface area is 79.0 Å². The first kappa shape index (κ1) is 6.97. The van der Waals surface area contributed by atoms with Crippen molar-refractivity contribution in [1.29, 1.82) is 0 Å². The van der Waals surface area contributed by atoms with Crippen LogP contribution in [0.15, 0.2) is 29.8 Å². The normalized spacial score (nSPS) is 11.4. The van der Waals surface area contributed by atoms with Gasteiger partial charge >= 0.3 is 0 Å². The van der Waals surface area contributed by atoms with E-state index in [1.807, 2.05) is 11.6 Å². The zero-order chi connectivity index (χ0) is 8.84. The van der Waals surface area contributed by atoms with Gasteiger partial charge in [0.05, 0.1) is 15.9 Å². The minimum absolute atomic E-state index is 0.872. The van der Waals surface area contributed by atoms with Crippen molar-refractivity contribution in [2.45, 2.75) is 0 Å². The summed E-state index contributed by atoms with van der Waals surface area (Å²) in [5.41, 5.74) is 7.90. The molecular weight excluding hydrogens is 180 g/mol. The van der Waals surface area contributed by atoms with Crippen LogP contribution in [0.1, 0.15) is 0 Å². The van der Waals surface area contributed by atoms with Crippen molar-refractivity contribution in [3.8, 4) is 0 Å². The van der Waals surface area contributed by atoms with Crippen LogP contribution in [-0.4, -0.2) is 4.98 Å². The highest BCUT2D eigenvalue weighted by Gasteiger charge is 2.04. The van der Waals surface area contributed by atoms with Crippen LogP contribution in [0.25, 0.3) is 21.0 Å². The summed E-state index contributed by atoms with van der Waals surface area (Å²) < 4.78 is 1.25. The minimum atomic E-state index is 0.872. The first-order valence-corrected chi connectivity index (χ1v) is 4.97. The molecule has 0 unspecified atom stereocenters. The van der Waals surface area contributed by atoms with Crippen LogP contribution < -0.4 is 5.73 Å². The highest BCUT2D eigenvalue weighted by atomic mass is 32.1. The van der Waals surface area contributed by atoms with Crippen molar-refractivity contribution in [2.75, 3.05) is 5.73 Å². The van der Waals surface area contributed by atoms with Gasteiger partial charge in [-0.05, 0) is 6.07 Å². The maximum atomic E-state index is 5.83. The number of hydrogen-bond donors (Lipinski definition) is 2. The van der Waals surface area contributed by atoms with Crippen LogP contribution in [0.2, 0.25) is 0 Å². The van der Waals surface area contributed by atoms with Crippen LogP contribution in [0.5, 0.6) is 0 Å². The lowest BCUT2D eigenvalue weighted by molar-refractivity contribution is 1.49. The van der Waals surface area contributed by atoms with E-state index in [1.54, 1.807) is 11.3 Å². The largest absolute Gasteiger partial charge is 0.398 e. The first-order valence-electron chi connectivity index (χ1n) is 4.09. The second-order valence-electron chi connectivity index (χ2n) is 3.08. The van der Waals surface area contributed by atoms with Crippen molar-refractivity contribution in [3.05, 3.63) is 29.8 Å². The minimum Gasteiger partial charge on any atom is -0.398 e. The van der Waals surface area contributed by atoms with Gasteiger partial charge in [0.15, 0.2) is 0 Å². The molecule has 13 heavy (non-hydrogen) atoms. The molecule has 2 aromatic heterocycles. The number of aromatic nitrogens is 1. The molecule has 0 fully saturated rings. The second-order valence-corrected chi connectivity index (χ2v) is 3.95. The van der Waals surface area contributed by atoms with E-state index < -0.39 is 0 Å². The summed E-state index contributed by atoms with van der Waals surface area (Å²) in [5.74, 6) is 0. The molecule has 0 spiro atoms. The van der Waals surface area contributed by atoms with Crippen LogP contribution in [0, 0.1) is 0 Å². The third-order valence-electron chi connectivity index (χ3n) is 2.30. The molecule has 0 aliphatic carbocycles. The number of H-pyrrole nitrogens is 1. The average Bonchev–Trinajstić information content (AvgIpc) is 2.70. The summed E-state index contributed by atoms with van der Waals surface area (Å²) in [6, 6.07) is 6.25. The maximum absolute atomic E-state index is 5.83. The molecular formula is C10H8N2S. The molecule has 1 aromatic carbocycles. The zero-order valence-electron chi connectivity index (χ0n) is 6.87. The summed E-state index contributed by atoms with van der Waals surface area (Å²) in [6.07, 6.45) is 1.96. The Kier molecular flexibility index (Phi) is 1.21. The number of nitrogens with one attached hydrogen (secondary N) is 1. The Balaban J connectivity index is 2.66. The Morgan fingerprint density at radius 2 is 2.15 bits per heavy atom.